The van der Waals surface area contributed by atoms with Crippen molar-refractivity contribution >= 4 is 23.3 Å². The van der Waals surface area contributed by atoms with Gasteiger partial charge in [-0.25, -0.2) is 4.98 Å². The largest absolute Gasteiger partial charge is 0.395 e. The van der Waals surface area contributed by atoms with E-state index in [9.17, 15) is 9.59 Å². The van der Waals surface area contributed by atoms with Gasteiger partial charge in [0.2, 0.25) is 5.91 Å². The number of fused-ring (bicyclic) bond motifs is 1. The van der Waals surface area contributed by atoms with Crippen LogP contribution < -0.4 is 16.0 Å². The summed E-state index contributed by atoms with van der Waals surface area (Å²) in [6.45, 7) is 3.87. The Balaban J connectivity index is 0.000000320. The van der Waals surface area contributed by atoms with Gasteiger partial charge in [-0.2, -0.15) is 5.26 Å². The highest BCUT2D eigenvalue weighted by Crippen LogP contribution is 2.34. The van der Waals surface area contributed by atoms with E-state index < -0.39 is 0 Å². The van der Waals surface area contributed by atoms with Crippen LogP contribution in [0.1, 0.15) is 41.8 Å². The molecule has 0 fully saturated rings. The first-order chi connectivity index (χ1) is 16.8. The predicted molar refractivity (Wildman–Crippen MR) is 136 cm³/mol. The number of carbonyl (C=O) groups is 2. The van der Waals surface area contributed by atoms with Crippen LogP contribution in [0.5, 0.6) is 0 Å². The van der Waals surface area contributed by atoms with Crippen molar-refractivity contribution in [2.45, 2.75) is 32.7 Å². The Hall–Kier alpha value is -4.22. The third kappa shape index (κ3) is 6.43. The molecule has 8 heteroatoms. The fourth-order valence-corrected chi connectivity index (χ4v) is 3.97. The number of hydrogen-bond donors (Lipinski definition) is 3. The van der Waals surface area contributed by atoms with Crippen molar-refractivity contribution in [2.24, 2.45) is 0 Å². The number of nitrogens with zero attached hydrogens (tertiary/aromatic N) is 3. The zero-order valence-electron chi connectivity index (χ0n) is 19.9. The van der Waals surface area contributed by atoms with Gasteiger partial charge in [-0.1, -0.05) is 18.2 Å². The number of rotatable bonds is 4. The minimum Gasteiger partial charge on any atom is -0.395 e. The van der Waals surface area contributed by atoms with Gasteiger partial charge in [0.05, 0.1) is 12.2 Å². The van der Waals surface area contributed by atoms with Crippen LogP contribution in [0, 0.1) is 11.3 Å². The highest BCUT2D eigenvalue weighted by molar-refractivity contribution is 5.95. The quantitative estimate of drug-likeness (QED) is 0.535. The summed E-state index contributed by atoms with van der Waals surface area (Å²) in [7, 11) is 0. The highest BCUT2D eigenvalue weighted by atomic mass is 16.3. The van der Waals surface area contributed by atoms with E-state index in [2.05, 4.69) is 23.3 Å². The Morgan fingerprint density at radius 3 is 2.49 bits per heavy atom. The zero-order chi connectivity index (χ0) is 25.4. The summed E-state index contributed by atoms with van der Waals surface area (Å²) in [5.74, 6) is 0.320. The number of benzene rings is 2. The summed E-state index contributed by atoms with van der Waals surface area (Å²) in [5.41, 5.74) is 10.6. The van der Waals surface area contributed by atoms with Crippen LogP contribution in [-0.4, -0.2) is 41.1 Å². The Morgan fingerprint density at radius 2 is 1.89 bits per heavy atom. The number of hydrogen-bond acceptors (Lipinski definition) is 6. The minimum atomic E-state index is -0.192. The van der Waals surface area contributed by atoms with Crippen LogP contribution in [0.25, 0.3) is 11.1 Å². The Labute approximate surface area is 205 Å². The number of carbonyl (C=O) groups excluding carboxylic acids is 2. The molecule has 0 radical (unpaired) electrons. The summed E-state index contributed by atoms with van der Waals surface area (Å²) in [4.78, 5) is 29.5. The van der Waals surface area contributed by atoms with Gasteiger partial charge < -0.3 is 21.1 Å². The molecular formula is C27H29N5O3. The Morgan fingerprint density at radius 1 is 1.17 bits per heavy atom. The number of anilines is 2. The van der Waals surface area contributed by atoms with Gasteiger partial charge in [-0.15, -0.1) is 0 Å². The Bertz CT molecular complexity index is 1220. The number of nitrogens with two attached hydrogens (primary N) is 1. The summed E-state index contributed by atoms with van der Waals surface area (Å²) in [6, 6.07) is 19.0. The molecule has 0 saturated carbocycles. The lowest BCUT2D eigenvalue weighted by atomic mass is 9.93. The topological polar surface area (TPSA) is 132 Å². The maximum Gasteiger partial charge on any atom is 0.251 e. The van der Waals surface area contributed by atoms with Crippen molar-refractivity contribution in [2.75, 3.05) is 23.8 Å². The maximum atomic E-state index is 12.0. The first kappa shape index (κ1) is 25.4. The second-order valence-corrected chi connectivity index (χ2v) is 8.26. The number of amides is 2. The lowest BCUT2D eigenvalue weighted by Gasteiger charge is -2.34. The van der Waals surface area contributed by atoms with Crippen LogP contribution in [0.15, 0.2) is 60.8 Å². The van der Waals surface area contributed by atoms with E-state index in [0.717, 1.165) is 29.7 Å². The molecule has 2 heterocycles. The van der Waals surface area contributed by atoms with Crippen molar-refractivity contribution < 1.29 is 14.7 Å². The number of pyridine rings is 1. The molecule has 0 aliphatic carbocycles. The van der Waals surface area contributed by atoms with E-state index in [1.807, 2.05) is 35.2 Å². The van der Waals surface area contributed by atoms with Crippen molar-refractivity contribution in [1.82, 2.24) is 10.3 Å². The van der Waals surface area contributed by atoms with Crippen molar-refractivity contribution in [3.05, 3.63) is 77.5 Å². The van der Waals surface area contributed by atoms with Gasteiger partial charge in [0.25, 0.3) is 5.91 Å². The number of aliphatic hydroxyl groups is 1. The van der Waals surface area contributed by atoms with Crippen molar-refractivity contribution in [1.29, 1.82) is 5.26 Å². The molecule has 1 aliphatic heterocycles. The molecule has 2 aromatic carbocycles. The summed E-state index contributed by atoms with van der Waals surface area (Å²) >= 11 is 0. The lowest BCUT2D eigenvalue weighted by molar-refractivity contribution is -0.117. The molecule has 0 bridgehead atoms. The van der Waals surface area contributed by atoms with Crippen LogP contribution in [-0.2, 0) is 11.2 Å². The summed E-state index contributed by atoms with van der Waals surface area (Å²) < 4.78 is 0. The fraction of sp³-hybridized carbons (Fsp3) is 0.259. The monoisotopic (exact) mass is 471 g/mol. The van der Waals surface area contributed by atoms with Crippen LogP contribution in [0.4, 0.5) is 11.5 Å². The Kier molecular flexibility index (Phi) is 8.54. The predicted octanol–water partition coefficient (Wildman–Crippen LogP) is 3.30. The van der Waals surface area contributed by atoms with Crippen molar-refractivity contribution in [3.8, 4) is 17.2 Å². The molecule has 0 unspecified atom stereocenters. The fourth-order valence-electron chi connectivity index (χ4n) is 3.97. The number of nitrogens with one attached hydrogen (secondary N) is 1. The van der Waals surface area contributed by atoms with Crippen LogP contribution >= 0.6 is 0 Å². The van der Waals surface area contributed by atoms with Gasteiger partial charge in [0.15, 0.2) is 0 Å². The molecular weight excluding hydrogens is 442 g/mol. The lowest BCUT2D eigenvalue weighted by Crippen LogP contribution is -2.40. The SMILES string of the molecule is CC(=O)N1c2ccc(-c3ccc(C(=O)NCCO)cc3)cc2CC[C@@H]1C.N#Cc1ccc(N)nc1. The third-order valence-electron chi connectivity index (χ3n) is 5.74. The maximum absolute atomic E-state index is 12.0. The standard InChI is InChI=1S/C21H24N2O3.C6H5N3/c1-14-3-4-19-13-18(9-10-20(19)23(14)15(2)25)16-5-7-17(8-6-16)21(26)22-11-12-24;7-3-5-1-2-6(8)9-4-5/h5-10,13-14,24H,3-4,11-12H2,1-2H3,(H,22,26);1-2,4H,(H2,8,9)/t14-;/m0./s1. The van der Waals surface area contributed by atoms with E-state index in [1.165, 1.54) is 11.8 Å². The van der Waals surface area contributed by atoms with E-state index in [1.54, 1.807) is 31.2 Å². The van der Waals surface area contributed by atoms with Gasteiger partial charge in [-0.05, 0) is 72.9 Å². The van der Waals surface area contributed by atoms with Crippen molar-refractivity contribution in [3.63, 3.8) is 0 Å². The van der Waals surface area contributed by atoms with E-state index in [4.69, 9.17) is 16.1 Å². The molecule has 3 aromatic rings. The molecule has 2 amide bonds. The smallest absolute Gasteiger partial charge is 0.251 e. The second-order valence-electron chi connectivity index (χ2n) is 8.26. The average Bonchev–Trinajstić information content (AvgIpc) is 2.87. The first-order valence-corrected chi connectivity index (χ1v) is 11.4. The second kappa shape index (κ2) is 11.8. The number of aryl methyl sites for hydroxylation is 1. The first-order valence-electron chi connectivity index (χ1n) is 11.4. The molecule has 1 aliphatic rings. The molecule has 0 saturated heterocycles. The molecule has 0 spiro atoms. The van der Waals surface area contributed by atoms with Gasteiger partial charge >= 0.3 is 0 Å². The highest BCUT2D eigenvalue weighted by Gasteiger charge is 2.26. The van der Waals surface area contributed by atoms with E-state index in [-0.39, 0.29) is 31.0 Å². The molecule has 1 aromatic heterocycles. The molecule has 35 heavy (non-hydrogen) atoms. The van der Waals surface area contributed by atoms with E-state index >= 15 is 0 Å². The van der Waals surface area contributed by atoms with Gasteiger partial charge in [0, 0.05) is 37.0 Å². The zero-order valence-corrected chi connectivity index (χ0v) is 19.9. The third-order valence-corrected chi connectivity index (χ3v) is 5.74. The average molecular weight is 472 g/mol. The summed E-state index contributed by atoms with van der Waals surface area (Å²) in [6.07, 6.45) is 3.35. The van der Waals surface area contributed by atoms with Crippen LogP contribution in [0.3, 0.4) is 0 Å². The number of aromatic nitrogens is 1. The summed E-state index contributed by atoms with van der Waals surface area (Å²) in [5, 5.41) is 19.7. The number of nitrogen functional groups attached to an aromatic ring is 1. The molecule has 4 N–H and O–H groups in total. The molecule has 8 nitrogen and oxygen atoms in total. The normalized spacial score (nSPS) is 14.1. The molecule has 180 valence electrons. The minimum absolute atomic E-state index is 0.0736. The number of aliphatic hydroxyl groups excluding tert-OH is 1. The van der Waals surface area contributed by atoms with E-state index in [0.29, 0.717) is 16.9 Å². The van der Waals surface area contributed by atoms with Crippen LogP contribution in [0.2, 0.25) is 0 Å². The van der Waals surface area contributed by atoms with Gasteiger partial charge in [-0.3, -0.25) is 9.59 Å². The number of nitriles is 1. The van der Waals surface area contributed by atoms with Gasteiger partial charge in [0.1, 0.15) is 11.9 Å². The molecule has 4 rings (SSSR count). The molecule has 1 atom stereocenters.